The highest BCUT2D eigenvalue weighted by Gasteiger charge is 2.15. The first kappa shape index (κ1) is 36.8. The van der Waals surface area contributed by atoms with Gasteiger partial charge in [0, 0.05) is 106 Å². The van der Waals surface area contributed by atoms with Crippen molar-refractivity contribution in [3.05, 3.63) is 153 Å². The smallest absolute Gasteiger partial charge is 0.213 e. The van der Waals surface area contributed by atoms with Gasteiger partial charge in [0.15, 0.2) is 11.3 Å². The highest BCUT2D eigenvalue weighted by atomic mass is 19.1. The van der Waals surface area contributed by atoms with Crippen molar-refractivity contribution < 1.29 is 9.13 Å². The van der Waals surface area contributed by atoms with E-state index in [4.69, 9.17) is 9.72 Å². The lowest BCUT2D eigenvalue weighted by Crippen LogP contribution is -2.33. The Morgan fingerprint density at radius 3 is 1.62 bits per heavy atom. The second-order valence-corrected chi connectivity index (χ2v) is 14.6. The number of pyridine rings is 4. The van der Waals surface area contributed by atoms with Gasteiger partial charge in [-0.2, -0.15) is 14.6 Å². The maximum atomic E-state index is 13.0. The Hall–Kier alpha value is -7.51. The predicted molar refractivity (Wildman–Crippen MR) is 230 cm³/mol. The predicted octanol–water partition coefficient (Wildman–Crippen LogP) is 9.02. The number of fused-ring (bicyclic) bond motifs is 4. The average Bonchev–Trinajstić information content (AvgIpc) is 3.94. The van der Waals surface area contributed by atoms with Gasteiger partial charge in [0.2, 0.25) is 11.8 Å². The van der Waals surface area contributed by atoms with E-state index in [1.165, 1.54) is 44.6 Å². The van der Waals surface area contributed by atoms with Gasteiger partial charge in [0.25, 0.3) is 0 Å². The fourth-order valence-corrected chi connectivity index (χ4v) is 7.75. The number of rotatable bonds is 8. The maximum Gasteiger partial charge on any atom is 0.213 e. The quantitative estimate of drug-likeness (QED) is 0.138. The molecule has 0 radical (unpaired) electrons. The van der Waals surface area contributed by atoms with E-state index in [0.29, 0.717) is 12.5 Å². The summed E-state index contributed by atoms with van der Waals surface area (Å²) in [6.07, 6.45) is 22.0. The van der Waals surface area contributed by atoms with Gasteiger partial charge in [-0.3, -0.25) is 14.9 Å². The van der Waals surface area contributed by atoms with Crippen LogP contribution in [-0.4, -0.2) is 80.3 Å². The summed E-state index contributed by atoms with van der Waals surface area (Å²) in [5.41, 5.74) is 11.0. The molecule has 1 aliphatic heterocycles. The number of aromatic nitrogens is 10. The van der Waals surface area contributed by atoms with Crippen molar-refractivity contribution >= 4 is 33.1 Å². The molecule has 1 fully saturated rings. The monoisotopic (exact) mass is 791 g/mol. The van der Waals surface area contributed by atoms with E-state index < -0.39 is 5.95 Å². The SMILES string of the molecule is Fc1ccc(-c2cnc3c(-c4cccc5ncccc45)cnn3c2)cn1.c1cc(-c2cnn3cc(-c4ccc(OCCN5CCCCC5)nc4)cnc23)c2cccnc2c1. The Kier molecular flexibility index (Phi) is 10.1. The fraction of sp³-hybridized carbons (Fsp3) is 0.149. The van der Waals surface area contributed by atoms with Crippen molar-refractivity contribution in [1.29, 1.82) is 0 Å². The van der Waals surface area contributed by atoms with Crippen molar-refractivity contribution in [2.75, 3.05) is 26.2 Å². The molecule has 294 valence electrons. The molecule has 0 atom stereocenters. The third-order valence-electron chi connectivity index (χ3n) is 10.8. The summed E-state index contributed by atoms with van der Waals surface area (Å²) in [5.74, 6) is 0.148. The fourth-order valence-electron chi connectivity index (χ4n) is 7.75. The number of benzene rings is 2. The third-order valence-corrected chi connectivity index (χ3v) is 10.8. The molecule has 60 heavy (non-hydrogen) atoms. The summed E-state index contributed by atoms with van der Waals surface area (Å²) < 4.78 is 22.4. The molecule has 0 bridgehead atoms. The molecular formula is C47H38FN11O. The van der Waals surface area contributed by atoms with Crippen LogP contribution < -0.4 is 4.74 Å². The summed E-state index contributed by atoms with van der Waals surface area (Å²) in [7, 11) is 0. The van der Waals surface area contributed by atoms with Crippen molar-refractivity contribution in [3.8, 4) is 50.4 Å². The van der Waals surface area contributed by atoms with E-state index in [9.17, 15) is 4.39 Å². The van der Waals surface area contributed by atoms with Crippen LogP contribution in [0.3, 0.4) is 0 Å². The summed E-state index contributed by atoms with van der Waals surface area (Å²) in [6.45, 7) is 3.98. The van der Waals surface area contributed by atoms with E-state index in [-0.39, 0.29) is 0 Å². The average molecular weight is 792 g/mol. The molecule has 0 unspecified atom stereocenters. The van der Waals surface area contributed by atoms with Gasteiger partial charge in [0.05, 0.1) is 23.4 Å². The Labute approximate surface area is 344 Å². The zero-order valence-corrected chi connectivity index (χ0v) is 32.5. The van der Waals surface area contributed by atoms with Gasteiger partial charge < -0.3 is 4.74 Å². The minimum atomic E-state index is -0.506. The lowest BCUT2D eigenvalue weighted by Gasteiger charge is -2.26. The molecule has 11 rings (SSSR count). The van der Waals surface area contributed by atoms with E-state index in [1.54, 1.807) is 29.2 Å². The van der Waals surface area contributed by atoms with Crippen LogP contribution in [0.4, 0.5) is 4.39 Å². The molecule has 1 saturated heterocycles. The first-order valence-electron chi connectivity index (χ1n) is 19.9. The van der Waals surface area contributed by atoms with Crippen LogP contribution in [0, 0.1) is 5.95 Å². The molecule has 1 aliphatic rings. The number of ether oxygens (including phenoxy) is 1. The molecule has 10 aromatic rings. The van der Waals surface area contributed by atoms with E-state index in [2.05, 4.69) is 52.1 Å². The molecule has 8 aromatic heterocycles. The summed E-state index contributed by atoms with van der Waals surface area (Å²) in [5, 5.41) is 11.2. The Balaban J connectivity index is 0.000000149. The molecule has 0 aliphatic carbocycles. The molecule has 0 amide bonds. The van der Waals surface area contributed by atoms with Gasteiger partial charge >= 0.3 is 0 Å². The minimum Gasteiger partial charge on any atom is -0.476 e. The number of nitrogens with zero attached hydrogens (tertiary/aromatic N) is 11. The third kappa shape index (κ3) is 7.49. The number of hydrogen-bond donors (Lipinski definition) is 0. The minimum absolute atomic E-state index is 0.506. The van der Waals surface area contributed by atoms with Crippen molar-refractivity contribution in [2.24, 2.45) is 0 Å². The highest BCUT2D eigenvalue weighted by Crippen LogP contribution is 2.32. The summed E-state index contributed by atoms with van der Waals surface area (Å²) in [6, 6.07) is 27.1. The number of piperidine rings is 1. The molecule has 12 nitrogen and oxygen atoms in total. The Bertz CT molecular complexity index is 3080. The Morgan fingerprint density at radius 1 is 0.500 bits per heavy atom. The van der Waals surface area contributed by atoms with Gasteiger partial charge in [-0.25, -0.2) is 29.0 Å². The number of hydrogen-bond acceptors (Lipinski definition) is 10. The van der Waals surface area contributed by atoms with Crippen LogP contribution in [0.1, 0.15) is 19.3 Å². The molecule has 0 N–H and O–H groups in total. The van der Waals surface area contributed by atoms with Crippen LogP contribution in [0.25, 0.3) is 77.6 Å². The summed E-state index contributed by atoms with van der Waals surface area (Å²) >= 11 is 0. The van der Waals surface area contributed by atoms with Crippen molar-refractivity contribution in [1.82, 2.24) is 54.0 Å². The van der Waals surface area contributed by atoms with Crippen LogP contribution in [0.15, 0.2) is 147 Å². The topological polar surface area (TPSA) is 124 Å². The maximum absolute atomic E-state index is 13.0. The first-order chi connectivity index (χ1) is 29.6. The van der Waals surface area contributed by atoms with Gasteiger partial charge in [-0.15, -0.1) is 0 Å². The molecule has 2 aromatic carbocycles. The second-order valence-electron chi connectivity index (χ2n) is 14.6. The standard InChI is InChI=1S/C27H26N6O.C20H12FN5/c1-2-12-32(13-3-1)14-15-34-26-10-9-20(16-29-26)21-17-30-27-24(18-31-33(27)19-21)22-6-4-8-25-23(22)7-5-11-28-25;21-19-7-6-13(9-23-19)14-10-24-20-17(11-25-26(20)12-14)15-3-1-5-18-16(15)4-2-8-22-18/h4-11,16-19H,1-3,12-15H2;1-12H. The molecular weight excluding hydrogens is 754 g/mol. The highest BCUT2D eigenvalue weighted by molar-refractivity contribution is 5.99. The van der Waals surface area contributed by atoms with E-state index >= 15 is 0 Å². The lowest BCUT2D eigenvalue weighted by atomic mass is 10.0. The first-order valence-corrected chi connectivity index (χ1v) is 19.9. The molecule has 9 heterocycles. The lowest BCUT2D eigenvalue weighted by molar-refractivity contribution is 0.180. The van der Waals surface area contributed by atoms with E-state index in [0.717, 1.165) is 84.2 Å². The Morgan fingerprint density at radius 2 is 1.07 bits per heavy atom. The van der Waals surface area contributed by atoms with Crippen molar-refractivity contribution in [2.45, 2.75) is 19.3 Å². The largest absolute Gasteiger partial charge is 0.476 e. The molecule has 0 saturated carbocycles. The van der Waals surface area contributed by atoms with Crippen LogP contribution in [0.5, 0.6) is 5.88 Å². The molecule has 0 spiro atoms. The normalized spacial score (nSPS) is 13.2. The summed E-state index contributed by atoms with van der Waals surface area (Å²) in [4.78, 5) is 28.9. The zero-order valence-electron chi connectivity index (χ0n) is 32.5. The van der Waals surface area contributed by atoms with Crippen molar-refractivity contribution in [3.63, 3.8) is 0 Å². The van der Waals surface area contributed by atoms with Crippen LogP contribution in [-0.2, 0) is 0 Å². The van der Waals surface area contributed by atoms with Gasteiger partial charge in [-0.1, -0.05) is 42.8 Å². The van der Waals surface area contributed by atoms with Gasteiger partial charge in [-0.05, 0) is 79.5 Å². The number of halogens is 1. The second kappa shape index (κ2) is 16.4. The van der Waals surface area contributed by atoms with E-state index in [1.807, 2.05) is 102 Å². The number of likely N-dealkylation sites (tertiary alicyclic amines) is 1. The van der Waals surface area contributed by atoms with Crippen LogP contribution >= 0.6 is 0 Å². The molecule has 13 heteroatoms. The van der Waals surface area contributed by atoms with Gasteiger partial charge in [0.1, 0.15) is 6.61 Å². The van der Waals surface area contributed by atoms with Crippen LogP contribution in [0.2, 0.25) is 0 Å². The zero-order chi connectivity index (χ0) is 40.3.